The molecule has 0 bridgehead atoms. The predicted octanol–water partition coefficient (Wildman–Crippen LogP) is 0.437. The van der Waals surface area contributed by atoms with E-state index in [1.165, 1.54) is 13.7 Å². The summed E-state index contributed by atoms with van der Waals surface area (Å²) in [6.07, 6.45) is 2.06. The molecule has 2 heterocycles. The molecule has 2 saturated heterocycles. The molecule has 2 aliphatic heterocycles. The lowest BCUT2D eigenvalue weighted by Gasteiger charge is -2.30. The van der Waals surface area contributed by atoms with Crippen LogP contribution in [-0.4, -0.2) is 43.8 Å². The number of hydrogen-bond acceptors (Lipinski definition) is 3. The van der Waals surface area contributed by atoms with Crippen molar-refractivity contribution < 1.29 is 9.53 Å². The first-order valence-electron chi connectivity index (χ1n) is 4.87. The second-order valence-corrected chi connectivity index (χ2v) is 3.81. The Bertz CT molecular complexity index is 196. The van der Waals surface area contributed by atoms with Gasteiger partial charge in [-0.3, -0.25) is 0 Å². The molecule has 0 aliphatic carbocycles. The standard InChI is InChI=1S/C9H16N2O2/c1-13-9(12)11-4-2-7(3-5-11)8-6-10-8/h7-8,10H,2-6H2,1H3. The maximum absolute atomic E-state index is 11.1. The highest BCUT2D eigenvalue weighted by molar-refractivity contribution is 5.67. The molecule has 1 atom stereocenters. The Morgan fingerprint density at radius 1 is 1.46 bits per heavy atom. The smallest absolute Gasteiger partial charge is 0.409 e. The zero-order valence-electron chi connectivity index (χ0n) is 7.95. The van der Waals surface area contributed by atoms with Crippen LogP contribution in [0.5, 0.6) is 0 Å². The molecular formula is C9H16N2O2. The molecule has 1 amide bonds. The van der Waals surface area contributed by atoms with E-state index in [-0.39, 0.29) is 6.09 Å². The van der Waals surface area contributed by atoms with E-state index in [2.05, 4.69) is 10.1 Å². The second-order valence-electron chi connectivity index (χ2n) is 3.81. The van der Waals surface area contributed by atoms with Crippen LogP contribution in [0.15, 0.2) is 0 Å². The zero-order valence-corrected chi connectivity index (χ0v) is 7.95. The van der Waals surface area contributed by atoms with Crippen molar-refractivity contribution in [1.82, 2.24) is 10.2 Å². The summed E-state index contributed by atoms with van der Waals surface area (Å²) in [4.78, 5) is 12.9. The maximum atomic E-state index is 11.1. The summed E-state index contributed by atoms with van der Waals surface area (Å²) in [7, 11) is 1.44. The Morgan fingerprint density at radius 3 is 2.54 bits per heavy atom. The minimum absolute atomic E-state index is 0.179. The van der Waals surface area contributed by atoms with Crippen molar-refractivity contribution in [3.63, 3.8) is 0 Å². The van der Waals surface area contributed by atoms with Crippen LogP contribution in [0.4, 0.5) is 4.79 Å². The first-order valence-corrected chi connectivity index (χ1v) is 4.87. The summed E-state index contributed by atoms with van der Waals surface area (Å²) >= 11 is 0. The number of likely N-dealkylation sites (tertiary alicyclic amines) is 1. The lowest BCUT2D eigenvalue weighted by molar-refractivity contribution is 0.106. The van der Waals surface area contributed by atoms with Crippen molar-refractivity contribution in [2.24, 2.45) is 5.92 Å². The van der Waals surface area contributed by atoms with Crippen LogP contribution in [0.1, 0.15) is 12.8 Å². The van der Waals surface area contributed by atoms with Gasteiger partial charge in [0.2, 0.25) is 0 Å². The van der Waals surface area contributed by atoms with Gasteiger partial charge < -0.3 is 15.0 Å². The number of carbonyl (C=O) groups is 1. The fraction of sp³-hybridized carbons (Fsp3) is 0.889. The third-order valence-electron chi connectivity index (χ3n) is 2.98. The molecule has 1 N–H and O–H groups in total. The van der Waals surface area contributed by atoms with Crippen LogP contribution in [-0.2, 0) is 4.74 Å². The molecule has 2 rings (SSSR count). The summed E-state index contributed by atoms with van der Waals surface area (Å²) in [6, 6.07) is 0.736. The van der Waals surface area contributed by atoms with E-state index in [4.69, 9.17) is 0 Å². The van der Waals surface area contributed by atoms with E-state index in [0.717, 1.165) is 37.9 Å². The lowest BCUT2D eigenvalue weighted by atomic mass is 9.94. The molecule has 0 aromatic carbocycles. The predicted molar refractivity (Wildman–Crippen MR) is 48.5 cm³/mol. The number of hydrogen-bond donors (Lipinski definition) is 1. The van der Waals surface area contributed by atoms with Crippen LogP contribution in [0.3, 0.4) is 0 Å². The highest BCUT2D eigenvalue weighted by Gasteiger charge is 2.34. The Labute approximate surface area is 78.2 Å². The van der Waals surface area contributed by atoms with Crippen LogP contribution in [0, 0.1) is 5.92 Å². The van der Waals surface area contributed by atoms with Crippen LogP contribution in [0.25, 0.3) is 0 Å². The zero-order chi connectivity index (χ0) is 9.26. The largest absolute Gasteiger partial charge is 0.453 e. The highest BCUT2D eigenvalue weighted by Crippen LogP contribution is 2.24. The van der Waals surface area contributed by atoms with Gasteiger partial charge >= 0.3 is 6.09 Å². The van der Waals surface area contributed by atoms with Gasteiger partial charge in [0.25, 0.3) is 0 Å². The Hall–Kier alpha value is -0.770. The van der Waals surface area contributed by atoms with Gasteiger partial charge in [0.05, 0.1) is 7.11 Å². The van der Waals surface area contributed by atoms with Crippen molar-refractivity contribution in [3.8, 4) is 0 Å². The Morgan fingerprint density at radius 2 is 2.08 bits per heavy atom. The van der Waals surface area contributed by atoms with Crippen LogP contribution >= 0.6 is 0 Å². The molecule has 13 heavy (non-hydrogen) atoms. The monoisotopic (exact) mass is 184 g/mol. The van der Waals surface area contributed by atoms with Crippen LogP contribution in [0.2, 0.25) is 0 Å². The molecular weight excluding hydrogens is 168 g/mol. The van der Waals surface area contributed by atoms with Gasteiger partial charge in [-0.05, 0) is 18.8 Å². The van der Waals surface area contributed by atoms with Crippen molar-refractivity contribution in [1.29, 1.82) is 0 Å². The normalized spacial score (nSPS) is 28.7. The number of ether oxygens (including phenoxy) is 1. The van der Waals surface area contributed by atoms with Gasteiger partial charge in [0, 0.05) is 25.7 Å². The number of amides is 1. The van der Waals surface area contributed by atoms with Crippen molar-refractivity contribution >= 4 is 6.09 Å². The fourth-order valence-electron chi connectivity index (χ4n) is 2.01. The fourth-order valence-corrected chi connectivity index (χ4v) is 2.01. The quantitative estimate of drug-likeness (QED) is 0.601. The average Bonchev–Trinajstić information content (AvgIpc) is 3.00. The Balaban J connectivity index is 1.78. The highest BCUT2D eigenvalue weighted by atomic mass is 16.5. The average molecular weight is 184 g/mol. The number of piperidine rings is 1. The number of rotatable bonds is 1. The number of nitrogens with zero attached hydrogens (tertiary/aromatic N) is 1. The first kappa shape index (κ1) is 8.81. The van der Waals surface area contributed by atoms with E-state index in [9.17, 15) is 4.79 Å². The molecule has 74 valence electrons. The van der Waals surface area contributed by atoms with Gasteiger partial charge in [-0.25, -0.2) is 4.79 Å². The molecule has 0 aromatic heterocycles. The molecule has 2 aliphatic rings. The number of carbonyl (C=O) groups excluding carboxylic acids is 1. The molecule has 0 saturated carbocycles. The molecule has 0 aromatic rings. The minimum atomic E-state index is -0.179. The maximum Gasteiger partial charge on any atom is 0.409 e. The first-order chi connectivity index (χ1) is 6.31. The molecule has 1 unspecified atom stereocenters. The van der Waals surface area contributed by atoms with E-state index in [1.54, 1.807) is 4.90 Å². The molecule has 2 fully saturated rings. The van der Waals surface area contributed by atoms with E-state index in [1.807, 2.05) is 0 Å². The van der Waals surface area contributed by atoms with Crippen molar-refractivity contribution in [2.75, 3.05) is 26.7 Å². The van der Waals surface area contributed by atoms with Gasteiger partial charge in [0.15, 0.2) is 0 Å². The van der Waals surface area contributed by atoms with E-state index in [0.29, 0.717) is 0 Å². The van der Waals surface area contributed by atoms with Crippen LogP contribution < -0.4 is 5.32 Å². The molecule has 4 nitrogen and oxygen atoms in total. The third kappa shape index (κ3) is 1.94. The summed E-state index contributed by atoms with van der Waals surface area (Å²) < 4.78 is 4.67. The van der Waals surface area contributed by atoms with E-state index < -0.39 is 0 Å². The minimum Gasteiger partial charge on any atom is -0.453 e. The van der Waals surface area contributed by atoms with Gasteiger partial charge in [-0.2, -0.15) is 0 Å². The van der Waals surface area contributed by atoms with E-state index >= 15 is 0 Å². The van der Waals surface area contributed by atoms with Gasteiger partial charge in [-0.1, -0.05) is 0 Å². The third-order valence-corrected chi connectivity index (χ3v) is 2.98. The lowest BCUT2D eigenvalue weighted by Crippen LogP contribution is -2.39. The molecule has 4 heteroatoms. The number of nitrogens with one attached hydrogen (secondary N) is 1. The van der Waals surface area contributed by atoms with Gasteiger partial charge in [0.1, 0.15) is 0 Å². The summed E-state index contributed by atoms with van der Waals surface area (Å²) in [5, 5.41) is 3.33. The summed E-state index contributed by atoms with van der Waals surface area (Å²) in [6.45, 7) is 2.88. The Kier molecular flexibility index (Phi) is 2.40. The van der Waals surface area contributed by atoms with Gasteiger partial charge in [-0.15, -0.1) is 0 Å². The van der Waals surface area contributed by atoms with Crippen molar-refractivity contribution in [2.45, 2.75) is 18.9 Å². The second kappa shape index (κ2) is 3.54. The van der Waals surface area contributed by atoms with Crippen molar-refractivity contribution in [3.05, 3.63) is 0 Å². The molecule has 0 radical (unpaired) electrons. The topological polar surface area (TPSA) is 51.5 Å². The summed E-state index contributed by atoms with van der Waals surface area (Å²) in [5.74, 6) is 0.779. The SMILES string of the molecule is COC(=O)N1CCC(C2CN2)CC1. The summed E-state index contributed by atoms with van der Waals surface area (Å²) in [5.41, 5.74) is 0. The number of methoxy groups -OCH3 is 1. The molecule has 0 spiro atoms.